The molecule has 1 aromatic heterocycles. The van der Waals surface area contributed by atoms with E-state index in [1.807, 2.05) is 11.3 Å². The number of rotatable bonds is 12. The Labute approximate surface area is 211 Å². The van der Waals surface area contributed by atoms with Gasteiger partial charge in [-0.2, -0.15) is 0 Å². The van der Waals surface area contributed by atoms with Crippen molar-refractivity contribution in [3.8, 4) is 0 Å². The molecule has 1 aliphatic rings. The van der Waals surface area contributed by atoms with Gasteiger partial charge in [-0.05, 0) is 65.4 Å². The van der Waals surface area contributed by atoms with Crippen molar-refractivity contribution in [1.82, 2.24) is 20.4 Å². The number of aliphatic imine (C=N–C) groups is 1. The van der Waals surface area contributed by atoms with Gasteiger partial charge in [0.15, 0.2) is 5.96 Å². The summed E-state index contributed by atoms with van der Waals surface area (Å²) in [6.45, 7) is 19.7. The number of halogens is 1. The van der Waals surface area contributed by atoms with Crippen LogP contribution in [0.4, 0.5) is 0 Å². The highest BCUT2D eigenvalue weighted by molar-refractivity contribution is 14.0. The van der Waals surface area contributed by atoms with E-state index < -0.39 is 0 Å². The van der Waals surface area contributed by atoms with Gasteiger partial charge in [-0.1, -0.05) is 13.8 Å². The number of guanidine groups is 1. The maximum absolute atomic E-state index is 5.58. The van der Waals surface area contributed by atoms with E-state index in [0.717, 1.165) is 64.9 Å². The molecule has 2 rings (SSSR count). The van der Waals surface area contributed by atoms with E-state index in [0.29, 0.717) is 12.1 Å². The molecule has 2 atom stereocenters. The highest BCUT2D eigenvalue weighted by atomic mass is 127. The van der Waals surface area contributed by atoms with Crippen LogP contribution in [-0.2, 0) is 4.74 Å². The molecular formula is C23H44IN5OS. The average Bonchev–Trinajstić information content (AvgIpc) is 3.18. The first-order valence-electron chi connectivity index (χ1n) is 11.7. The van der Waals surface area contributed by atoms with Crippen LogP contribution in [0.2, 0.25) is 0 Å². The Kier molecular flexibility index (Phi) is 15.0. The van der Waals surface area contributed by atoms with E-state index in [-0.39, 0.29) is 24.0 Å². The van der Waals surface area contributed by atoms with Crippen molar-refractivity contribution in [2.24, 2.45) is 4.99 Å². The second-order valence-corrected chi connectivity index (χ2v) is 9.37. The zero-order valence-corrected chi connectivity index (χ0v) is 23.3. The fourth-order valence-electron chi connectivity index (χ4n) is 3.87. The monoisotopic (exact) mass is 565 g/mol. The minimum absolute atomic E-state index is 0. The van der Waals surface area contributed by atoms with Crippen LogP contribution in [0.25, 0.3) is 0 Å². The molecule has 0 amide bonds. The van der Waals surface area contributed by atoms with Crippen LogP contribution in [0.5, 0.6) is 0 Å². The topological polar surface area (TPSA) is 52.1 Å². The van der Waals surface area contributed by atoms with Gasteiger partial charge in [-0.15, -0.1) is 35.3 Å². The smallest absolute Gasteiger partial charge is 0.191 e. The predicted molar refractivity (Wildman–Crippen MR) is 145 cm³/mol. The van der Waals surface area contributed by atoms with Gasteiger partial charge >= 0.3 is 0 Å². The van der Waals surface area contributed by atoms with Gasteiger partial charge in [0, 0.05) is 35.4 Å². The molecule has 1 aromatic rings. The lowest BCUT2D eigenvalue weighted by Gasteiger charge is -2.33. The molecule has 0 aliphatic carbocycles. The van der Waals surface area contributed by atoms with Crippen molar-refractivity contribution >= 4 is 41.3 Å². The molecule has 0 saturated carbocycles. The predicted octanol–water partition coefficient (Wildman–Crippen LogP) is 4.11. The first kappa shape index (κ1) is 28.6. The molecule has 2 heterocycles. The zero-order valence-electron chi connectivity index (χ0n) is 20.2. The third-order valence-corrected chi connectivity index (χ3v) is 6.83. The molecule has 31 heavy (non-hydrogen) atoms. The number of aryl methyl sites for hydroxylation is 1. The summed E-state index contributed by atoms with van der Waals surface area (Å²) in [4.78, 5) is 12.8. The van der Waals surface area contributed by atoms with Gasteiger partial charge in [0.2, 0.25) is 0 Å². The summed E-state index contributed by atoms with van der Waals surface area (Å²) < 4.78 is 5.58. The number of hydrogen-bond donors (Lipinski definition) is 2. The maximum atomic E-state index is 5.58. The van der Waals surface area contributed by atoms with Crippen LogP contribution in [0, 0.1) is 6.92 Å². The van der Waals surface area contributed by atoms with Crippen molar-refractivity contribution in [3.63, 3.8) is 0 Å². The number of ether oxygens (including phenoxy) is 1. The van der Waals surface area contributed by atoms with Crippen LogP contribution in [0.3, 0.4) is 0 Å². The molecule has 1 saturated heterocycles. The molecule has 6 nitrogen and oxygen atoms in total. The van der Waals surface area contributed by atoms with E-state index in [4.69, 9.17) is 9.73 Å². The molecular weight excluding hydrogens is 521 g/mol. The molecule has 180 valence electrons. The summed E-state index contributed by atoms with van der Waals surface area (Å²) in [5.74, 6) is 0.930. The molecule has 0 radical (unpaired) electrons. The fraction of sp³-hybridized carbons (Fsp3) is 0.783. The van der Waals surface area contributed by atoms with Gasteiger partial charge in [-0.3, -0.25) is 9.89 Å². The lowest BCUT2D eigenvalue weighted by Crippen LogP contribution is -2.44. The summed E-state index contributed by atoms with van der Waals surface area (Å²) in [7, 11) is 0. The second-order valence-electron chi connectivity index (χ2n) is 8.05. The van der Waals surface area contributed by atoms with Crippen LogP contribution in [-0.4, -0.2) is 80.8 Å². The van der Waals surface area contributed by atoms with E-state index >= 15 is 0 Å². The van der Waals surface area contributed by atoms with Gasteiger partial charge in [0.1, 0.15) is 0 Å². The van der Waals surface area contributed by atoms with E-state index in [1.54, 1.807) is 0 Å². The maximum Gasteiger partial charge on any atom is 0.191 e. The molecule has 1 fully saturated rings. The Morgan fingerprint density at radius 2 is 1.94 bits per heavy atom. The van der Waals surface area contributed by atoms with Crippen molar-refractivity contribution in [2.45, 2.75) is 59.5 Å². The summed E-state index contributed by atoms with van der Waals surface area (Å²) >= 11 is 1.89. The standard InChI is InChI=1S/C23H43N5OS.HI/c1-6-24-23(26-19(4)10-9-13-27(7-2)8-3)25-18-21(22-12-11-20(5)30-22)28-14-16-29-17-15-28;/h11-12,19,21H,6-10,13-18H2,1-5H3,(H2,24,25,26);1H. The average molecular weight is 566 g/mol. The number of morpholine rings is 1. The number of nitrogens with one attached hydrogen (secondary N) is 2. The zero-order chi connectivity index (χ0) is 21.8. The molecule has 2 unspecified atom stereocenters. The van der Waals surface area contributed by atoms with Gasteiger partial charge < -0.3 is 20.3 Å². The Hall–Kier alpha value is -0.420. The molecule has 0 bridgehead atoms. The van der Waals surface area contributed by atoms with E-state index in [9.17, 15) is 0 Å². The van der Waals surface area contributed by atoms with E-state index in [1.165, 1.54) is 22.7 Å². The normalized spacial score (nSPS) is 17.3. The third-order valence-electron chi connectivity index (χ3n) is 5.73. The first-order chi connectivity index (χ1) is 14.6. The van der Waals surface area contributed by atoms with Crippen LogP contribution in [0.15, 0.2) is 17.1 Å². The number of thiophene rings is 1. The highest BCUT2D eigenvalue weighted by Gasteiger charge is 2.24. The summed E-state index contributed by atoms with van der Waals surface area (Å²) in [5.41, 5.74) is 0. The van der Waals surface area contributed by atoms with Crippen LogP contribution < -0.4 is 10.6 Å². The summed E-state index contributed by atoms with van der Waals surface area (Å²) in [6.07, 6.45) is 2.36. The van der Waals surface area contributed by atoms with Gasteiger partial charge in [0.25, 0.3) is 0 Å². The molecule has 1 aliphatic heterocycles. The quantitative estimate of drug-likeness (QED) is 0.227. The first-order valence-corrected chi connectivity index (χ1v) is 12.5. The Balaban J connectivity index is 0.00000480. The largest absolute Gasteiger partial charge is 0.379 e. The molecule has 0 spiro atoms. The Morgan fingerprint density at radius 3 is 2.52 bits per heavy atom. The SMILES string of the molecule is CCNC(=NCC(c1ccc(C)s1)N1CCOCC1)NC(C)CCCN(CC)CC.I. The summed E-state index contributed by atoms with van der Waals surface area (Å²) in [6, 6.07) is 5.22. The Morgan fingerprint density at radius 1 is 1.23 bits per heavy atom. The van der Waals surface area contributed by atoms with Crippen molar-refractivity contribution in [3.05, 3.63) is 21.9 Å². The van der Waals surface area contributed by atoms with Crippen LogP contribution in [0.1, 0.15) is 56.3 Å². The second kappa shape index (κ2) is 16.2. The number of nitrogens with zero attached hydrogens (tertiary/aromatic N) is 3. The lowest BCUT2D eigenvalue weighted by atomic mass is 10.1. The minimum Gasteiger partial charge on any atom is -0.379 e. The van der Waals surface area contributed by atoms with Crippen molar-refractivity contribution in [2.75, 3.05) is 59.0 Å². The lowest BCUT2D eigenvalue weighted by molar-refractivity contribution is 0.0186. The van der Waals surface area contributed by atoms with Crippen LogP contribution >= 0.6 is 35.3 Å². The molecule has 0 aromatic carbocycles. The fourth-order valence-corrected chi connectivity index (χ4v) is 4.87. The minimum atomic E-state index is 0. The molecule has 8 heteroatoms. The third kappa shape index (κ3) is 10.4. The van der Waals surface area contributed by atoms with Crippen molar-refractivity contribution < 1.29 is 4.74 Å². The highest BCUT2D eigenvalue weighted by Crippen LogP contribution is 2.28. The van der Waals surface area contributed by atoms with Crippen molar-refractivity contribution in [1.29, 1.82) is 0 Å². The van der Waals surface area contributed by atoms with Gasteiger partial charge in [0.05, 0.1) is 25.8 Å². The Bertz CT molecular complexity index is 617. The summed E-state index contributed by atoms with van der Waals surface area (Å²) in [5, 5.41) is 7.06. The molecule has 2 N–H and O–H groups in total. The van der Waals surface area contributed by atoms with E-state index in [2.05, 4.69) is 67.2 Å². The number of hydrogen-bond acceptors (Lipinski definition) is 5. The van der Waals surface area contributed by atoms with Gasteiger partial charge in [-0.25, -0.2) is 0 Å².